The molecule has 5 nitrogen and oxygen atoms in total. The van der Waals surface area contributed by atoms with Gasteiger partial charge in [-0.05, 0) is 37.0 Å². The summed E-state index contributed by atoms with van der Waals surface area (Å²) < 4.78 is 34.8. The van der Waals surface area contributed by atoms with Gasteiger partial charge in [0.15, 0.2) is 5.96 Å². The molecule has 0 spiro atoms. The van der Waals surface area contributed by atoms with Crippen molar-refractivity contribution in [2.24, 2.45) is 4.99 Å². The van der Waals surface area contributed by atoms with E-state index >= 15 is 0 Å². The summed E-state index contributed by atoms with van der Waals surface area (Å²) in [7, 11) is 1.70. The Balaban J connectivity index is 0.00000364. The molecule has 0 aromatic heterocycles. The molecule has 1 fully saturated rings. The maximum absolute atomic E-state index is 12.3. The Hall–Kier alpha value is -1.16. The van der Waals surface area contributed by atoms with Gasteiger partial charge in [0.2, 0.25) is 0 Å². The molecule has 27 heavy (non-hydrogen) atoms. The van der Waals surface area contributed by atoms with Gasteiger partial charge in [0, 0.05) is 26.7 Å². The third-order valence-corrected chi connectivity index (χ3v) is 4.33. The quantitative estimate of drug-likeness (QED) is 0.231. The van der Waals surface area contributed by atoms with Crippen molar-refractivity contribution < 1.29 is 18.3 Å². The number of nitrogens with zero attached hydrogens (tertiary/aromatic N) is 1. The number of aliphatic imine (C=N–C) groups is 1. The Morgan fingerprint density at radius 3 is 2.70 bits per heavy atom. The highest BCUT2D eigenvalue weighted by atomic mass is 127. The lowest BCUT2D eigenvalue weighted by molar-refractivity contribution is -0.0498. The summed E-state index contributed by atoms with van der Waals surface area (Å²) in [6.45, 7) is -0.829. The number of ether oxygens (including phenoxy) is 2. The molecule has 0 saturated heterocycles. The molecular weight excluding hydrogens is 467 g/mol. The zero-order valence-corrected chi connectivity index (χ0v) is 18.1. The minimum Gasteiger partial charge on any atom is -0.435 e. The zero-order valence-electron chi connectivity index (χ0n) is 15.8. The van der Waals surface area contributed by atoms with Crippen molar-refractivity contribution in [1.82, 2.24) is 10.6 Å². The molecule has 1 saturated carbocycles. The number of hydrogen-bond acceptors (Lipinski definition) is 3. The normalized spacial score (nSPS) is 15.3. The van der Waals surface area contributed by atoms with Crippen LogP contribution in [0.4, 0.5) is 8.78 Å². The van der Waals surface area contributed by atoms with Crippen molar-refractivity contribution in [3.8, 4) is 5.75 Å². The van der Waals surface area contributed by atoms with Crippen LogP contribution in [0.5, 0.6) is 5.75 Å². The molecule has 0 bridgehead atoms. The summed E-state index contributed by atoms with van der Waals surface area (Å²) in [6.07, 6.45) is 7.61. The average Bonchev–Trinajstić information content (AvgIpc) is 2.64. The van der Waals surface area contributed by atoms with E-state index in [9.17, 15) is 8.78 Å². The second-order valence-corrected chi connectivity index (χ2v) is 6.36. The molecular formula is C19H30F2IN3O2. The molecule has 8 heteroatoms. The number of benzene rings is 1. The number of halogens is 3. The smallest absolute Gasteiger partial charge is 0.387 e. The van der Waals surface area contributed by atoms with E-state index in [1.54, 1.807) is 19.2 Å². The average molecular weight is 497 g/mol. The second-order valence-electron chi connectivity index (χ2n) is 6.36. The molecule has 1 aliphatic rings. The van der Waals surface area contributed by atoms with Crippen LogP contribution >= 0.6 is 24.0 Å². The Morgan fingerprint density at radius 1 is 1.22 bits per heavy atom. The third kappa shape index (κ3) is 10.1. The molecule has 1 aromatic carbocycles. The lowest BCUT2D eigenvalue weighted by Gasteiger charge is -2.22. The van der Waals surface area contributed by atoms with Crippen molar-refractivity contribution >= 4 is 29.9 Å². The number of alkyl halides is 2. The maximum atomic E-state index is 12.3. The van der Waals surface area contributed by atoms with Crippen molar-refractivity contribution in [3.63, 3.8) is 0 Å². The van der Waals surface area contributed by atoms with Gasteiger partial charge in [0.25, 0.3) is 0 Å². The molecule has 0 heterocycles. The predicted octanol–water partition coefficient (Wildman–Crippen LogP) is 4.31. The van der Waals surface area contributed by atoms with Gasteiger partial charge >= 0.3 is 6.61 Å². The summed E-state index contributed by atoms with van der Waals surface area (Å²) >= 11 is 0. The minimum atomic E-state index is -2.82. The van der Waals surface area contributed by atoms with Crippen molar-refractivity contribution in [2.75, 3.05) is 20.2 Å². The molecule has 0 atom stereocenters. The third-order valence-electron chi connectivity index (χ3n) is 4.33. The zero-order chi connectivity index (χ0) is 18.6. The summed E-state index contributed by atoms with van der Waals surface area (Å²) in [5.41, 5.74) is 0.840. The van der Waals surface area contributed by atoms with Crippen LogP contribution < -0.4 is 15.4 Å². The topological polar surface area (TPSA) is 54.9 Å². The fourth-order valence-electron chi connectivity index (χ4n) is 3.00. The van der Waals surface area contributed by atoms with Crippen LogP contribution in [0.15, 0.2) is 29.3 Å². The highest BCUT2D eigenvalue weighted by molar-refractivity contribution is 14.0. The lowest BCUT2D eigenvalue weighted by Crippen LogP contribution is -2.37. The Morgan fingerprint density at radius 2 is 2.00 bits per heavy atom. The Labute approximate surface area is 177 Å². The Bertz CT molecular complexity index is 556. The number of guanidine groups is 1. The van der Waals surface area contributed by atoms with Gasteiger partial charge in [0.05, 0.1) is 6.10 Å². The van der Waals surface area contributed by atoms with Crippen molar-refractivity contribution in [3.05, 3.63) is 29.8 Å². The van der Waals surface area contributed by atoms with Crippen LogP contribution in [-0.4, -0.2) is 38.9 Å². The van der Waals surface area contributed by atoms with Crippen LogP contribution in [-0.2, 0) is 11.3 Å². The standard InChI is InChI=1S/C19H29F2N3O2.HI/c1-22-19(23-11-6-12-25-16-8-3-2-4-9-16)24-14-15-7-5-10-17(13-15)26-18(20)21;/h5,7,10,13,16,18H,2-4,6,8-9,11-12,14H2,1H3,(H2,22,23,24);1H. The Kier molecular flexibility index (Phi) is 12.3. The van der Waals surface area contributed by atoms with E-state index in [2.05, 4.69) is 20.4 Å². The fraction of sp³-hybridized carbons (Fsp3) is 0.632. The number of nitrogens with one attached hydrogen (secondary N) is 2. The lowest BCUT2D eigenvalue weighted by atomic mass is 9.98. The SMILES string of the molecule is CN=C(NCCCOC1CCCCC1)NCc1cccc(OC(F)F)c1.I. The molecule has 2 rings (SSSR count). The van der Waals surface area contributed by atoms with E-state index < -0.39 is 6.61 Å². The van der Waals surface area contributed by atoms with Crippen LogP contribution in [0.3, 0.4) is 0 Å². The van der Waals surface area contributed by atoms with Gasteiger partial charge < -0.3 is 20.1 Å². The molecule has 1 aliphatic carbocycles. The first-order chi connectivity index (χ1) is 12.7. The first-order valence-electron chi connectivity index (χ1n) is 9.27. The highest BCUT2D eigenvalue weighted by Crippen LogP contribution is 2.20. The first-order valence-corrected chi connectivity index (χ1v) is 9.27. The van der Waals surface area contributed by atoms with Gasteiger partial charge in [-0.25, -0.2) is 0 Å². The van der Waals surface area contributed by atoms with Crippen molar-refractivity contribution in [1.29, 1.82) is 0 Å². The number of hydrogen-bond donors (Lipinski definition) is 2. The van der Waals surface area contributed by atoms with E-state index in [0.29, 0.717) is 18.6 Å². The molecule has 0 unspecified atom stereocenters. The molecule has 1 aromatic rings. The minimum absolute atomic E-state index is 0. The summed E-state index contributed by atoms with van der Waals surface area (Å²) in [6, 6.07) is 6.63. The van der Waals surface area contributed by atoms with E-state index in [1.807, 2.05) is 6.07 Å². The predicted molar refractivity (Wildman–Crippen MR) is 114 cm³/mol. The van der Waals surface area contributed by atoms with Gasteiger partial charge in [-0.2, -0.15) is 8.78 Å². The number of rotatable bonds is 9. The second kappa shape index (κ2) is 13.9. The molecule has 154 valence electrons. The van der Waals surface area contributed by atoms with E-state index in [1.165, 1.54) is 38.2 Å². The maximum Gasteiger partial charge on any atom is 0.387 e. The molecule has 0 radical (unpaired) electrons. The van der Waals surface area contributed by atoms with Crippen LogP contribution in [0.2, 0.25) is 0 Å². The monoisotopic (exact) mass is 497 g/mol. The largest absolute Gasteiger partial charge is 0.435 e. The van der Waals surface area contributed by atoms with E-state index in [4.69, 9.17) is 4.74 Å². The summed E-state index contributed by atoms with van der Waals surface area (Å²) in [5.74, 6) is 0.824. The van der Waals surface area contributed by atoms with Crippen LogP contribution in [0.1, 0.15) is 44.1 Å². The van der Waals surface area contributed by atoms with Gasteiger partial charge in [0.1, 0.15) is 5.75 Å². The van der Waals surface area contributed by atoms with Gasteiger partial charge in [-0.15, -0.1) is 24.0 Å². The van der Waals surface area contributed by atoms with E-state index in [-0.39, 0.29) is 29.7 Å². The first kappa shape index (κ1) is 23.9. The van der Waals surface area contributed by atoms with Crippen molar-refractivity contribution in [2.45, 2.75) is 57.8 Å². The van der Waals surface area contributed by atoms with Crippen LogP contribution in [0, 0.1) is 0 Å². The fourth-order valence-corrected chi connectivity index (χ4v) is 3.00. The van der Waals surface area contributed by atoms with Crippen LogP contribution in [0.25, 0.3) is 0 Å². The van der Waals surface area contributed by atoms with Gasteiger partial charge in [-0.1, -0.05) is 31.4 Å². The molecule has 2 N–H and O–H groups in total. The van der Waals surface area contributed by atoms with E-state index in [0.717, 1.165) is 25.1 Å². The molecule has 0 amide bonds. The summed E-state index contributed by atoms with van der Waals surface area (Å²) in [5, 5.41) is 6.39. The summed E-state index contributed by atoms with van der Waals surface area (Å²) in [4.78, 5) is 4.16. The molecule has 0 aliphatic heterocycles. The van der Waals surface area contributed by atoms with Gasteiger partial charge in [-0.3, -0.25) is 4.99 Å². The highest BCUT2D eigenvalue weighted by Gasteiger charge is 2.13.